The second-order valence-corrected chi connectivity index (χ2v) is 17.2. The van der Waals surface area contributed by atoms with Gasteiger partial charge in [-0.25, -0.2) is 0 Å². The molecule has 2 atom stereocenters. The van der Waals surface area contributed by atoms with E-state index in [1.54, 1.807) is 0 Å². The van der Waals surface area contributed by atoms with Crippen molar-refractivity contribution in [1.82, 2.24) is 0 Å². The lowest BCUT2D eigenvalue weighted by Crippen LogP contribution is -2.50. The standard InChI is InChI=1S/C51H87NO2/c1-4-6-8-10-12-14-16-18-20-22-24-26-28-36-43-49(47-39-32-30-33-40-47)52(3,46-38-45-51(53)54)50(48-41-34-31-35-42-48)44-37-29-27-25-23-21-19-17-15-13-11-9-7-5-2/h30-35,39-42,49-50H,4-29,36-38,43-46H2,1-3H3/p+1. The van der Waals surface area contributed by atoms with E-state index < -0.39 is 5.97 Å². The van der Waals surface area contributed by atoms with Crippen LogP contribution in [0.4, 0.5) is 0 Å². The molecule has 0 bridgehead atoms. The topological polar surface area (TPSA) is 37.3 Å². The molecule has 2 aromatic rings. The summed E-state index contributed by atoms with van der Waals surface area (Å²) in [7, 11) is 2.48. The number of rotatable bonds is 38. The van der Waals surface area contributed by atoms with E-state index in [0.717, 1.165) is 30.3 Å². The van der Waals surface area contributed by atoms with Crippen LogP contribution in [0.5, 0.6) is 0 Å². The Morgan fingerprint density at radius 3 is 1.00 bits per heavy atom. The largest absolute Gasteiger partial charge is 0.481 e. The van der Waals surface area contributed by atoms with Gasteiger partial charge in [-0.2, -0.15) is 0 Å². The summed E-state index contributed by atoms with van der Waals surface area (Å²) < 4.78 is 0.901. The van der Waals surface area contributed by atoms with Gasteiger partial charge in [-0.1, -0.05) is 241 Å². The lowest BCUT2D eigenvalue weighted by molar-refractivity contribution is -0.969. The third-order valence-electron chi connectivity index (χ3n) is 12.5. The number of quaternary nitrogens is 1. The molecule has 3 nitrogen and oxygen atoms in total. The number of aliphatic carboxylic acids is 1. The third kappa shape index (κ3) is 22.4. The lowest BCUT2D eigenvalue weighted by atomic mass is 9.89. The molecule has 0 aliphatic carbocycles. The summed E-state index contributed by atoms with van der Waals surface area (Å²) in [5.41, 5.74) is 2.85. The van der Waals surface area contributed by atoms with Crippen molar-refractivity contribution in [2.24, 2.45) is 0 Å². The van der Waals surface area contributed by atoms with E-state index in [0.29, 0.717) is 12.1 Å². The van der Waals surface area contributed by atoms with Crippen LogP contribution in [-0.4, -0.2) is 29.2 Å². The lowest BCUT2D eigenvalue weighted by Gasteiger charge is -2.48. The Hall–Kier alpha value is -2.13. The molecule has 0 aliphatic heterocycles. The SMILES string of the molecule is CCCCCCCCCCCCCCCCC(c1ccccc1)[N+](C)(CCCC(=O)O)C(CCCCCCCCCCCCCCCC)c1ccccc1. The quantitative estimate of drug-likeness (QED) is 0.0549. The van der Waals surface area contributed by atoms with Gasteiger partial charge in [-0.3, -0.25) is 4.79 Å². The maximum Gasteiger partial charge on any atom is 0.303 e. The number of benzene rings is 2. The van der Waals surface area contributed by atoms with E-state index in [-0.39, 0.29) is 6.42 Å². The van der Waals surface area contributed by atoms with Gasteiger partial charge in [0.2, 0.25) is 0 Å². The highest BCUT2D eigenvalue weighted by molar-refractivity contribution is 5.66. The van der Waals surface area contributed by atoms with E-state index >= 15 is 0 Å². The van der Waals surface area contributed by atoms with E-state index in [9.17, 15) is 9.90 Å². The molecule has 3 heteroatoms. The zero-order chi connectivity index (χ0) is 38.8. The van der Waals surface area contributed by atoms with Gasteiger partial charge < -0.3 is 9.59 Å². The summed E-state index contributed by atoms with van der Waals surface area (Å²) in [5, 5.41) is 9.70. The van der Waals surface area contributed by atoms with Crippen molar-refractivity contribution in [2.45, 2.75) is 231 Å². The minimum Gasteiger partial charge on any atom is -0.481 e. The second kappa shape index (κ2) is 33.1. The first-order valence-corrected chi connectivity index (χ1v) is 23.7. The Kier molecular flexibility index (Phi) is 29.4. The van der Waals surface area contributed by atoms with Gasteiger partial charge in [0.05, 0.1) is 20.0 Å². The van der Waals surface area contributed by atoms with Crippen molar-refractivity contribution in [3.8, 4) is 0 Å². The molecule has 0 spiro atoms. The summed E-state index contributed by atoms with van der Waals surface area (Å²) in [4.78, 5) is 11.8. The van der Waals surface area contributed by atoms with E-state index in [4.69, 9.17) is 0 Å². The Bertz CT molecular complexity index is 1030. The molecule has 2 unspecified atom stereocenters. The molecule has 1 N–H and O–H groups in total. The van der Waals surface area contributed by atoms with E-state index in [1.165, 1.54) is 191 Å². The molecule has 0 amide bonds. The van der Waals surface area contributed by atoms with Crippen molar-refractivity contribution in [1.29, 1.82) is 0 Å². The highest BCUT2D eigenvalue weighted by atomic mass is 16.4. The van der Waals surface area contributed by atoms with Crippen LogP contribution in [0.2, 0.25) is 0 Å². The van der Waals surface area contributed by atoms with E-state index in [1.807, 2.05) is 0 Å². The number of unbranched alkanes of at least 4 members (excludes halogenated alkanes) is 26. The van der Waals surface area contributed by atoms with Crippen LogP contribution in [0.25, 0.3) is 0 Å². The maximum atomic E-state index is 11.8. The first kappa shape index (κ1) is 48.0. The highest BCUT2D eigenvalue weighted by Gasteiger charge is 2.41. The Balaban J connectivity index is 1.97. The van der Waals surface area contributed by atoms with Crippen molar-refractivity contribution >= 4 is 5.97 Å². The summed E-state index contributed by atoms with van der Waals surface area (Å²) in [5.74, 6) is -0.673. The van der Waals surface area contributed by atoms with Gasteiger partial charge in [0.25, 0.3) is 0 Å². The van der Waals surface area contributed by atoms with Crippen molar-refractivity contribution in [2.75, 3.05) is 13.6 Å². The second-order valence-electron chi connectivity index (χ2n) is 17.2. The fraction of sp³-hybridized carbons (Fsp3) is 0.745. The number of hydrogen-bond acceptors (Lipinski definition) is 1. The predicted octanol–water partition coefficient (Wildman–Crippen LogP) is 16.5. The molecule has 0 fully saturated rings. The van der Waals surface area contributed by atoms with Gasteiger partial charge in [0.15, 0.2) is 0 Å². The molecule has 0 radical (unpaired) electrons. The summed E-state index contributed by atoms with van der Waals surface area (Å²) >= 11 is 0. The molecular weight excluding hydrogens is 659 g/mol. The maximum absolute atomic E-state index is 11.8. The van der Waals surface area contributed by atoms with Crippen LogP contribution in [0, 0.1) is 0 Å². The average molecular weight is 747 g/mol. The predicted molar refractivity (Wildman–Crippen MR) is 236 cm³/mol. The molecule has 308 valence electrons. The number of carboxylic acids is 1. The van der Waals surface area contributed by atoms with Gasteiger partial charge >= 0.3 is 5.97 Å². The van der Waals surface area contributed by atoms with E-state index in [2.05, 4.69) is 81.6 Å². The molecule has 2 aromatic carbocycles. The molecular formula is C51H88NO2+. The molecule has 0 saturated carbocycles. The van der Waals surface area contributed by atoms with Crippen LogP contribution in [-0.2, 0) is 4.79 Å². The Morgan fingerprint density at radius 2 is 0.722 bits per heavy atom. The number of carbonyl (C=O) groups is 1. The molecule has 0 aromatic heterocycles. The summed E-state index contributed by atoms with van der Waals surface area (Å²) in [6.07, 6.45) is 41.9. The average Bonchev–Trinajstić information content (AvgIpc) is 3.18. The van der Waals surface area contributed by atoms with Gasteiger partial charge in [0.1, 0.15) is 12.1 Å². The number of hydrogen-bond donors (Lipinski definition) is 1. The van der Waals surface area contributed by atoms with Crippen LogP contribution in [0.15, 0.2) is 60.7 Å². The highest BCUT2D eigenvalue weighted by Crippen LogP contribution is 2.43. The summed E-state index contributed by atoms with van der Waals surface area (Å²) in [6, 6.07) is 23.2. The first-order chi connectivity index (χ1) is 26.5. The van der Waals surface area contributed by atoms with Crippen LogP contribution in [0.3, 0.4) is 0 Å². The van der Waals surface area contributed by atoms with Crippen LogP contribution in [0.1, 0.15) is 243 Å². The smallest absolute Gasteiger partial charge is 0.303 e. The van der Waals surface area contributed by atoms with Crippen LogP contribution >= 0.6 is 0 Å². The first-order valence-electron chi connectivity index (χ1n) is 23.7. The van der Waals surface area contributed by atoms with Crippen molar-refractivity contribution in [3.63, 3.8) is 0 Å². The molecule has 2 rings (SSSR count). The fourth-order valence-electron chi connectivity index (χ4n) is 9.12. The molecule has 0 heterocycles. The van der Waals surface area contributed by atoms with Gasteiger partial charge in [0, 0.05) is 30.4 Å². The fourth-order valence-corrected chi connectivity index (χ4v) is 9.12. The molecule has 0 aliphatic rings. The molecule has 54 heavy (non-hydrogen) atoms. The molecule has 0 saturated heterocycles. The van der Waals surface area contributed by atoms with Gasteiger partial charge in [-0.05, 0) is 12.8 Å². The zero-order valence-electron chi connectivity index (χ0n) is 36.1. The summed E-state index contributed by atoms with van der Waals surface area (Å²) in [6.45, 7) is 5.49. The normalized spacial score (nSPS) is 13.8. The zero-order valence-corrected chi connectivity index (χ0v) is 36.1. The van der Waals surface area contributed by atoms with Crippen LogP contribution < -0.4 is 0 Å². The monoisotopic (exact) mass is 747 g/mol. The Labute approximate surface area is 336 Å². The number of nitrogens with zero attached hydrogens (tertiary/aromatic N) is 1. The number of carboxylic acid groups (broad SMARTS) is 1. The van der Waals surface area contributed by atoms with Crippen molar-refractivity contribution in [3.05, 3.63) is 71.8 Å². The minimum absolute atomic E-state index is 0.245. The van der Waals surface area contributed by atoms with Gasteiger partial charge in [-0.15, -0.1) is 0 Å². The van der Waals surface area contributed by atoms with Crippen molar-refractivity contribution < 1.29 is 14.4 Å². The third-order valence-corrected chi connectivity index (χ3v) is 12.5. The minimum atomic E-state index is -0.673. The Morgan fingerprint density at radius 1 is 0.444 bits per heavy atom.